The van der Waals surface area contributed by atoms with Gasteiger partial charge >= 0.3 is 0 Å². The Balaban J connectivity index is 2.21. The van der Waals surface area contributed by atoms with Crippen molar-refractivity contribution in [3.63, 3.8) is 0 Å². The maximum atomic E-state index is 13.0. The van der Waals surface area contributed by atoms with Crippen molar-refractivity contribution in [1.82, 2.24) is 0 Å². The fraction of sp³-hybridized carbons (Fsp3) is 0.227. The highest BCUT2D eigenvalue weighted by molar-refractivity contribution is 5.83. The summed E-state index contributed by atoms with van der Waals surface area (Å²) in [7, 11) is 1.58. The van der Waals surface area contributed by atoms with Crippen LogP contribution in [-0.4, -0.2) is 13.7 Å². The molecule has 3 aromatic rings. The summed E-state index contributed by atoms with van der Waals surface area (Å²) in [5.74, 6) is 1.29. The maximum Gasteiger partial charge on any atom is 0.235 e. The van der Waals surface area contributed by atoms with Gasteiger partial charge in [-0.15, -0.1) is 0 Å². The highest BCUT2D eigenvalue weighted by Gasteiger charge is 2.18. The number of rotatable bonds is 5. The van der Waals surface area contributed by atoms with Crippen LogP contribution in [0, 0.1) is 6.92 Å². The van der Waals surface area contributed by atoms with E-state index in [-0.39, 0.29) is 11.2 Å². The van der Waals surface area contributed by atoms with Crippen LogP contribution in [0.4, 0.5) is 0 Å². The zero-order valence-corrected chi connectivity index (χ0v) is 15.5. The van der Waals surface area contributed by atoms with E-state index < -0.39 is 0 Å². The minimum absolute atomic E-state index is 0.188. The smallest absolute Gasteiger partial charge is 0.235 e. The summed E-state index contributed by atoms with van der Waals surface area (Å²) in [4.78, 5) is 13.0. The Kier molecular flexibility index (Phi) is 5.12. The van der Waals surface area contributed by atoms with Crippen LogP contribution in [0.2, 0.25) is 0 Å². The molecule has 1 heterocycles. The second kappa shape index (κ2) is 7.48. The normalized spacial score (nSPS) is 10.6. The van der Waals surface area contributed by atoms with Crippen LogP contribution in [0.3, 0.4) is 0 Å². The molecule has 0 bridgehead atoms. The molecule has 0 spiro atoms. The number of aryl methyl sites for hydroxylation is 1. The number of ether oxygens (including phenoxy) is 2. The molecule has 0 fully saturated rings. The molecule has 0 saturated heterocycles. The highest BCUT2D eigenvalue weighted by Crippen LogP contribution is 2.32. The second-order valence-electron chi connectivity index (χ2n) is 6.41. The molecule has 2 aromatic carbocycles. The van der Waals surface area contributed by atoms with Crippen molar-refractivity contribution in [2.75, 3.05) is 13.7 Å². The first kappa shape index (κ1) is 17.8. The van der Waals surface area contributed by atoms with E-state index >= 15 is 0 Å². The van der Waals surface area contributed by atoms with Gasteiger partial charge in [0.15, 0.2) is 5.76 Å². The maximum absolute atomic E-state index is 13.0. The van der Waals surface area contributed by atoms with E-state index in [0.717, 1.165) is 16.7 Å². The van der Waals surface area contributed by atoms with Gasteiger partial charge in [0.05, 0.1) is 12.5 Å². The number of hydrogen-bond acceptors (Lipinski definition) is 4. The van der Waals surface area contributed by atoms with Crippen molar-refractivity contribution in [3.8, 4) is 22.8 Å². The minimum Gasteiger partial charge on any atom is -0.497 e. The summed E-state index contributed by atoms with van der Waals surface area (Å²) in [5, 5.41) is 0.467. The van der Waals surface area contributed by atoms with E-state index in [9.17, 15) is 4.79 Å². The largest absolute Gasteiger partial charge is 0.497 e. The topological polar surface area (TPSA) is 48.7 Å². The van der Waals surface area contributed by atoms with Crippen molar-refractivity contribution in [2.45, 2.75) is 20.8 Å². The molecule has 0 aliphatic carbocycles. The first-order valence-electron chi connectivity index (χ1n) is 8.47. The predicted octanol–water partition coefficient (Wildman–Crippen LogP) is 5.12. The average Bonchev–Trinajstić information content (AvgIpc) is 2.63. The fourth-order valence-electron chi connectivity index (χ4n) is 2.60. The molecule has 0 N–H and O–H groups in total. The van der Waals surface area contributed by atoms with Gasteiger partial charge in [0.2, 0.25) is 11.2 Å². The summed E-state index contributed by atoms with van der Waals surface area (Å²) < 4.78 is 17.1. The predicted molar refractivity (Wildman–Crippen MR) is 104 cm³/mol. The third-order valence-electron chi connectivity index (χ3n) is 4.09. The van der Waals surface area contributed by atoms with Crippen LogP contribution in [0.15, 0.2) is 63.3 Å². The third-order valence-corrected chi connectivity index (χ3v) is 4.09. The van der Waals surface area contributed by atoms with Crippen molar-refractivity contribution in [3.05, 3.63) is 69.9 Å². The lowest BCUT2D eigenvalue weighted by Gasteiger charge is -2.11. The summed E-state index contributed by atoms with van der Waals surface area (Å²) in [6.07, 6.45) is 1.93. The van der Waals surface area contributed by atoms with Crippen molar-refractivity contribution >= 4 is 11.0 Å². The molecule has 0 radical (unpaired) electrons. The fourth-order valence-corrected chi connectivity index (χ4v) is 2.60. The molecule has 0 aliphatic rings. The summed E-state index contributed by atoms with van der Waals surface area (Å²) in [6.45, 7) is 6.30. The molecule has 4 nitrogen and oxygen atoms in total. The van der Waals surface area contributed by atoms with Crippen molar-refractivity contribution < 1.29 is 13.9 Å². The van der Waals surface area contributed by atoms with Gasteiger partial charge in [-0.05, 0) is 39.0 Å². The number of methoxy groups -OCH3 is 1. The molecule has 0 unspecified atom stereocenters. The SMILES string of the molecule is COc1ccc2c(=O)c(OCC=C(C)C)c(-c3ccc(C)cc3)oc2c1. The van der Waals surface area contributed by atoms with Crippen molar-refractivity contribution in [2.24, 2.45) is 0 Å². The Morgan fingerprint density at radius 2 is 1.85 bits per heavy atom. The van der Waals surface area contributed by atoms with Crippen LogP contribution in [0.5, 0.6) is 11.5 Å². The van der Waals surface area contributed by atoms with Crippen LogP contribution >= 0.6 is 0 Å². The van der Waals surface area contributed by atoms with Crippen LogP contribution in [0.1, 0.15) is 19.4 Å². The summed E-state index contributed by atoms with van der Waals surface area (Å²) in [5.41, 5.74) is 3.33. The van der Waals surface area contributed by atoms with Crippen LogP contribution < -0.4 is 14.9 Å². The molecule has 0 saturated carbocycles. The van der Waals surface area contributed by atoms with Gasteiger partial charge in [0.1, 0.15) is 17.9 Å². The Morgan fingerprint density at radius 3 is 2.50 bits per heavy atom. The van der Waals surface area contributed by atoms with Crippen LogP contribution in [0.25, 0.3) is 22.3 Å². The summed E-state index contributed by atoms with van der Waals surface area (Å²) >= 11 is 0. The molecule has 3 rings (SSSR count). The molecular weight excluding hydrogens is 328 g/mol. The lowest BCUT2D eigenvalue weighted by Crippen LogP contribution is -2.10. The standard InChI is InChI=1S/C22H22O4/c1-14(2)11-12-25-22-20(23)18-10-9-17(24-4)13-19(18)26-21(22)16-7-5-15(3)6-8-16/h5-11,13H,12H2,1-4H3. The first-order chi connectivity index (χ1) is 12.5. The number of fused-ring (bicyclic) bond motifs is 1. The Labute approximate surface area is 152 Å². The van der Waals surface area contributed by atoms with E-state index in [2.05, 4.69) is 0 Å². The third kappa shape index (κ3) is 3.64. The van der Waals surface area contributed by atoms with Gasteiger partial charge in [0, 0.05) is 11.6 Å². The van der Waals surface area contributed by atoms with E-state index in [1.54, 1.807) is 25.3 Å². The molecule has 26 heavy (non-hydrogen) atoms. The zero-order chi connectivity index (χ0) is 18.7. The Bertz CT molecular complexity index is 1010. The quantitative estimate of drug-likeness (QED) is 0.599. The van der Waals surface area contributed by atoms with Gasteiger partial charge in [-0.25, -0.2) is 0 Å². The van der Waals surface area contributed by atoms with Gasteiger partial charge in [-0.3, -0.25) is 4.79 Å². The molecule has 0 aliphatic heterocycles. The van der Waals surface area contributed by atoms with Gasteiger partial charge in [-0.2, -0.15) is 0 Å². The first-order valence-corrected chi connectivity index (χ1v) is 8.47. The van der Waals surface area contributed by atoms with E-state index in [0.29, 0.717) is 29.1 Å². The van der Waals surface area contributed by atoms with E-state index in [1.165, 1.54) is 0 Å². The van der Waals surface area contributed by atoms with Crippen LogP contribution in [-0.2, 0) is 0 Å². The Morgan fingerprint density at radius 1 is 1.12 bits per heavy atom. The molecule has 4 heteroatoms. The number of allylic oxidation sites excluding steroid dienone is 1. The molecule has 1 aromatic heterocycles. The molecule has 0 atom stereocenters. The van der Waals surface area contributed by atoms with E-state index in [1.807, 2.05) is 51.1 Å². The molecular formula is C22H22O4. The number of benzene rings is 2. The monoisotopic (exact) mass is 350 g/mol. The van der Waals surface area contributed by atoms with Gasteiger partial charge in [-0.1, -0.05) is 35.4 Å². The second-order valence-corrected chi connectivity index (χ2v) is 6.41. The zero-order valence-electron chi connectivity index (χ0n) is 15.5. The lowest BCUT2D eigenvalue weighted by molar-refractivity contribution is 0.350. The van der Waals surface area contributed by atoms with Crippen molar-refractivity contribution in [1.29, 1.82) is 0 Å². The molecule has 134 valence electrons. The van der Waals surface area contributed by atoms with Gasteiger partial charge < -0.3 is 13.9 Å². The van der Waals surface area contributed by atoms with E-state index in [4.69, 9.17) is 13.9 Å². The molecule has 0 amide bonds. The average molecular weight is 350 g/mol. The lowest BCUT2D eigenvalue weighted by atomic mass is 10.1. The minimum atomic E-state index is -0.188. The van der Waals surface area contributed by atoms with Gasteiger partial charge in [0.25, 0.3) is 0 Å². The summed E-state index contributed by atoms with van der Waals surface area (Å²) in [6, 6.07) is 13.0. The highest BCUT2D eigenvalue weighted by atomic mass is 16.5. The Hall–Kier alpha value is -3.01. The number of hydrogen-bond donors (Lipinski definition) is 0.